The average molecular weight is 754 g/mol. The van der Waals surface area contributed by atoms with Crippen LogP contribution in [-0.4, -0.2) is 78.7 Å². The number of amides is 1. The molecule has 18 heteroatoms. The first-order valence-electron chi connectivity index (χ1n) is 15.7. The third kappa shape index (κ3) is 9.39. The van der Waals surface area contributed by atoms with E-state index in [1.807, 2.05) is 60.7 Å². The van der Waals surface area contributed by atoms with E-state index >= 15 is 0 Å². The Balaban J connectivity index is 0.000000705. The van der Waals surface area contributed by atoms with E-state index < -0.39 is 46.5 Å². The molecule has 0 radical (unpaired) electrons. The lowest BCUT2D eigenvalue weighted by Gasteiger charge is -2.49. The van der Waals surface area contributed by atoms with E-state index in [-0.39, 0.29) is 23.9 Å². The lowest BCUT2D eigenvalue weighted by atomic mass is 10.0. The summed E-state index contributed by atoms with van der Waals surface area (Å²) in [6.45, 7) is 1.14. The highest BCUT2D eigenvalue weighted by molar-refractivity contribution is 8.00. The Kier molecular flexibility index (Phi) is 11.8. The van der Waals surface area contributed by atoms with Crippen LogP contribution in [0.4, 0.5) is 24.8 Å². The summed E-state index contributed by atoms with van der Waals surface area (Å²) in [5.41, 5.74) is 3.62. The Labute approximate surface area is 303 Å². The number of alkyl halides is 3. The number of aromatic amines is 1. The van der Waals surface area contributed by atoms with E-state index in [4.69, 9.17) is 19.4 Å². The molecule has 0 saturated carbocycles. The molecule has 14 nitrogen and oxygen atoms in total. The van der Waals surface area contributed by atoms with Gasteiger partial charge in [-0.05, 0) is 16.7 Å². The van der Waals surface area contributed by atoms with Gasteiger partial charge in [-0.2, -0.15) is 13.2 Å². The largest absolute Gasteiger partial charge is 0.490 e. The van der Waals surface area contributed by atoms with Crippen molar-refractivity contribution in [3.63, 3.8) is 0 Å². The predicted molar refractivity (Wildman–Crippen MR) is 183 cm³/mol. The van der Waals surface area contributed by atoms with Crippen LogP contribution in [0.2, 0.25) is 0 Å². The number of H-pyrrole nitrogens is 1. The van der Waals surface area contributed by atoms with Crippen molar-refractivity contribution < 1.29 is 51.9 Å². The summed E-state index contributed by atoms with van der Waals surface area (Å²) < 4.78 is 43.1. The number of hydrogen-bond donors (Lipinski definition) is 3. The molecule has 1 saturated heterocycles. The first kappa shape index (κ1) is 38.1. The summed E-state index contributed by atoms with van der Waals surface area (Å²) in [4.78, 5) is 67.6. The molecule has 2 atom stereocenters. The second-order valence-corrected chi connectivity index (χ2v) is 12.6. The van der Waals surface area contributed by atoms with Crippen molar-refractivity contribution in [3.8, 4) is 0 Å². The second kappa shape index (κ2) is 16.4. The molecule has 1 fully saturated rings. The zero-order chi connectivity index (χ0) is 38.3. The molecule has 3 N–H and O–H groups in total. The number of anilines is 1. The van der Waals surface area contributed by atoms with Crippen LogP contribution in [0.3, 0.4) is 0 Å². The standard InChI is InChI=1S/C33H29N5O7S.C2HF3O2/c1-20(39)44-18-24-19-46-31-27(36-33-34-17-25(35-33)16-21-12-14-26(15-13-21)38(42)43)30(40)37(31)28(24)32(41)45-29(22-8-4-2-5-9-22)23-10-6-3-7-11-23;3-2(4,5)1(6)7/h2-15,17,27,29,31H,16,18-19H2,1H3,(H2,34,35,36);(H,6,7)/t27?,31-;/m0./s1. The van der Waals surface area contributed by atoms with Gasteiger partial charge in [-0.15, -0.1) is 11.8 Å². The van der Waals surface area contributed by atoms with Crippen LogP contribution in [0.15, 0.2) is 102 Å². The molecule has 53 heavy (non-hydrogen) atoms. The number of carboxylic acids is 1. The van der Waals surface area contributed by atoms with E-state index in [1.165, 1.54) is 35.7 Å². The van der Waals surface area contributed by atoms with E-state index in [0.29, 0.717) is 29.4 Å². The maximum atomic E-state index is 13.9. The van der Waals surface area contributed by atoms with Gasteiger partial charge in [0, 0.05) is 43.0 Å². The number of aromatic nitrogens is 2. The summed E-state index contributed by atoms with van der Waals surface area (Å²) >= 11 is 1.44. The number of carboxylic acid groups (broad SMARTS) is 1. The average Bonchev–Trinajstić information content (AvgIpc) is 3.58. The van der Waals surface area contributed by atoms with Crippen LogP contribution in [0.25, 0.3) is 0 Å². The predicted octanol–water partition coefficient (Wildman–Crippen LogP) is 5.39. The number of imidazole rings is 1. The number of hydrogen-bond acceptors (Lipinski definition) is 11. The molecule has 0 aliphatic carbocycles. The number of thioether (sulfide) groups is 1. The van der Waals surface area contributed by atoms with Crippen molar-refractivity contribution in [3.05, 3.63) is 135 Å². The van der Waals surface area contributed by atoms with Crippen molar-refractivity contribution in [2.45, 2.75) is 37.0 Å². The van der Waals surface area contributed by atoms with Gasteiger partial charge in [0.1, 0.15) is 23.7 Å². The number of aliphatic carboxylic acids is 1. The molecule has 6 rings (SSSR count). The first-order chi connectivity index (χ1) is 25.2. The quantitative estimate of drug-likeness (QED) is 0.0767. The van der Waals surface area contributed by atoms with E-state index in [0.717, 1.165) is 16.7 Å². The summed E-state index contributed by atoms with van der Waals surface area (Å²) in [6, 6.07) is 24.2. The van der Waals surface area contributed by atoms with Gasteiger partial charge in [0.2, 0.25) is 5.95 Å². The van der Waals surface area contributed by atoms with Gasteiger partial charge < -0.3 is 24.9 Å². The van der Waals surface area contributed by atoms with E-state index in [1.54, 1.807) is 18.3 Å². The van der Waals surface area contributed by atoms with Crippen LogP contribution < -0.4 is 5.32 Å². The van der Waals surface area contributed by atoms with Crippen LogP contribution >= 0.6 is 11.8 Å². The zero-order valence-corrected chi connectivity index (χ0v) is 28.4. The molecule has 2 aliphatic heterocycles. The normalized spacial score (nSPS) is 16.5. The van der Waals surface area contributed by atoms with Gasteiger partial charge in [-0.25, -0.2) is 14.6 Å². The molecule has 3 aromatic carbocycles. The molecular formula is C35H30F3N5O9S. The van der Waals surface area contributed by atoms with Crippen LogP contribution in [-0.2, 0) is 35.1 Å². The molecule has 2 aliphatic rings. The molecule has 4 aromatic rings. The summed E-state index contributed by atoms with van der Waals surface area (Å²) in [5.74, 6) is -3.59. The fourth-order valence-electron chi connectivity index (χ4n) is 5.33. The second-order valence-electron chi connectivity index (χ2n) is 11.5. The smallest absolute Gasteiger partial charge is 0.475 e. The number of nitro groups is 1. The fourth-order valence-corrected chi connectivity index (χ4v) is 6.66. The molecule has 0 bridgehead atoms. The Morgan fingerprint density at radius 1 is 1.06 bits per heavy atom. The van der Waals surface area contributed by atoms with Gasteiger partial charge >= 0.3 is 24.1 Å². The monoisotopic (exact) mass is 753 g/mol. The number of nitro benzene ring substituents is 1. The molecule has 1 aromatic heterocycles. The minimum absolute atomic E-state index is 0.00938. The number of rotatable bonds is 11. The highest BCUT2D eigenvalue weighted by Gasteiger charge is 2.54. The lowest BCUT2D eigenvalue weighted by molar-refractivity contribution is -0.384. The highest BCUT2D eigenvalue weighted by atomic mass is 32.2. The third-order valence-corrected chi connectivity index (χ3v) is 9.16. The number of carbonyl (C=O) groups excluding carboxylic acids is 3. The Morgan fingerprint density at radius 3 is 2.17 bits per heavy atom. The Hall–Kier alpha value is -6.17. The van der Waals surface area contributed by atoms with Crippen molar-refractivity contribution in [2.75, 3.05) is 17.7 Å². The molecule has 276 valence electrons. The minimum atomic E-state index is -5.08. The molecule has 1 amide bonds. The Bertz CT molecular complexity index is 1970. The van der Waals surface area contributed by atoms with Crippen molar-refractivity contribution in [1.29, 1.82) is 0 Å². The lowest BCUT2D eigenvalue weighted by Crippen LogP contribution is -2.68. The zero-order valence-electron chi connectivity index (χ0n) is 27.6. The van der Waals surface area contributed by atoms with Crippen molar-refractivity contribution in [1.82, 2.24) is 14.9 Å². The number of ether oxygens (including phenoxy) is 2. The fraction of sp³-hybridized carbons (Fsp3) is 0.229. The van der Waals surface area contributed by atoms with Gasteiger partial charge in [-0.3, -0.25) is 24.6 Å². The minimum Gasteiger partial charge on any atom is -0.475 e. The third-order valence-electron chi connectivity index (χ3n) is 7.82. The van der Waals surface area contributed by atoms with E-state index in [9.17, 15) is 37.7 Å². The topological polar surface area (TPSA) is 194 Å². The number of non-ortho nitro benzene ring substituents is 1. The number of β-lactam (4-membered cyclic amide) rings is 1. The number of nitrogens with zero attached hydrogens (tertiary/aromatic N) is 3. The molecule has 1 unspecified atom stereocenters. The number of esters is 2. The highest BCUT2D eigenvalue weighted by Crippen LogP contribution is 2.42. The molecule has 3 heterocycles. The van der Waals surface area contributed by atoms with E-state index in [2.05, 4.69) is 15.3 Å². The van der Waals surface area contributed by atoms with Crippen LogP contribution in [0, 0.1) is 10.1 Å². The van der Waals surface area contributed by atoms with Crippen LogP contribution in [0.5, 0.6) is 0 Å². The van der Waals surface area contributed by atoms with Gasteiger partial charge in [0.15, 0.2) is 6.10 Å². The van der Waals surface area contributed by atoms with Crippen LogP contribution in [0.1, 0.15) is 35.4 Å². The summed E-state index contributed by atoms with van der Waals surface area (Å²) in [7, 11) is 0. The maximum Gasteiger partial charge on any atom is 0.490 e. The SMILES string of the molecule is CC(=O)OCC1=C(C(=O)OC(c2ccccc2)c2ccccc2)N2C(=O)C(Nc3nc(Cc4ccc([N+](=O)[O-])cc4)c[nH]3)[C@@H]2SC1.O=C(O)C(F)(F)F. The summed E-state index contributed by atoms with van der Waals surface area (Å²) in [6.07, 6.45) is -3.68. The number of halogens is 3. The van der Waals surface area contributed by atoms with Crippen molar-refractivity contribution in [2.24, 2.45) is 0 Å². The molecular weight excluding hydrogens is 723 g/mol. The number of carbonyl (C=O) groups is 4. The number of nitrogens with one attached hydrogen (secondary N) is 2. The number of fused-ring (bicyclic) bond motifs is 1. The maximum absolute atomic E-state index is 13.9. The Morgan fingerprint density at radius 2 is 1.64 bits per heavy atom. The van der Waals surface area contributed by atoms with Gasteiger partial charge in [-0.1, -0.05) is 72.8 Å². The van der Waals surface area contributed by atoms with Crippen molar-refractivity contribution >= 4 is 47.2 Å². The summed E-state index contributed by atoms with van der Waals surface area (Å²) in [5, 5.41) is 20.8. The number of benzene rings is 3. The first-order valence-corrected chi connectivity index (χ1v) is 16.7. The van der Waals surface area contributed by atoms with Gasteiger partial charge in [0.05, 0.1) is 10.6 Å². The van der Waals surface area contributed by atoms with Gasteiger partial charge in [0.25, 0.3) is 11.6 Å². The molecule has 0 spiro atoms.